The van der Waals surface area contributed by atoms with E-state index < -0.39 is 59.2 Å². The molecule has 0 saturated carbocycles. The van der Waals surface area contributed by atoms with Crippen LogP contribution in [0.25, 0.3) is 0 Å². The predicted molar refractivity (Wildman–Crippen MR) is 91.6 cm³/mol. The van der Waals surface area contributed by atoms with E-state index >= 15 is 0 Å². The fourth-order valence-electron chi connectivity index (χ4n) is 1.93. The summed E-state index contributed by atoms with van der Waals surface area (Å²) in [6.07, 6.45) is 0.160. The van der Waals surface area contributed by atoms with E-state index in [1.165, 1.54) is 20.8 Å². The second-order valence-electron chi connectivity index (χ2n) is 7.07. The zero-order valence-electron chi connectivity index (χ0n) is 15.7. The maximum atomic E-state index is 13.9. The Kier molecular flexibility index (Phi) is 6.70. The van der Waals surface area contributed by atoms with Crippen molar-refractivity contribution in [1.29, 1.82) is 0 Å². The van der Waals surface area contributed by atoms with Crippen molar-refractivity contribution in [3.05, 3.63) is 29.3 Å². The lowest BCUT2D eigenvalue weighted by molar-refractivity contribution is -0.247. The quantitative estimate of drug-likeness (QED) is 0.189. The van der Waals surface area contributed by atoms with E-state index in [0.29, 0.717) is 12.1 Å². The smallest absolute Gasteiger partial charge is 0.377 e. The zero-order valence-corrected chi connectivity index (χ0v) is 17.3. The van der Waals surface area contributed by atoms with Gasteiger partial charge in [0.05, 0.1) is 5.56 Å². The van der Waals surface area contributed by atoms with Crippen molar-refractivity contribution < 1.29 is 61.5 Å². The van der Waals surface area contributed by atoms with Crippen molar-refractivity contribution >= 4 is 32.3 Å². The van der Waals surface area contributed by atoms with Gasteiger partial charge in [0.25, 0.3) is 0 Å². The molecule has 0 aliphatic heterocycles. The van der Waals surface area contributed by atoms with Crippen LogP contribution in [0, 0.1) is 5.41 Å². The Morgan fingerprint density at radius 3 is 1.84 bits per heavy atom. The number of carbonyl (C=O) groups excluding carboxylic acids is 2. The summed E-state index contributed by atoms with van der Waals surface area (Å²) in [6.45, 7) is 3.82. The van der Waals surface area contributed by atoms with Crippen molar-refractivity contribution in [3.8, 4) is 5.75 Å². The molecule has 1 aromatic rings. The van der Waals surface area contributed by atoms with Gasteiger partial charge in [-0.1, -0.05) is 20.8 Å². The van der Waals surface area contributed by atoms with Gasteiger partial charge in [-0.15, -0.1) is 0 Å². The summed E-state index contributed by atoms with van der Waals surface area (Å²) in [5.41, 5.74) is -2.47. The zero-order chi connectivity index (χ0) is 24.8. The number of hydrogen-bond donors (Lipinski definition) is 1. The van der Waals surface area contributed by atoms with Crippen molar-refractivity contribution in [3.63, 3.8) is 0 Å². The molecule has 176 valence electrons. The average Bonchev–Trinajstić information content (AvgIpc) is 2.58. The van der Waals surface area contributed by atoms with Crippen molar-refractivity contribution in [1.82, 2.24) is 0 Å². The minimum Gasteiger partial charge on any atom is -0.377 e. The number of alkyl halides is 6. The normalized spacial score (nSPS) is 14.3. The molecular formula is C15H14F6O8S2. The number of benzene rings is 1. The summed E-state index contributed by atoms with van der Waals surface area (Å²) in [5, 5.41) is -13.9. The Morgan fingerprint density at radius 2 is 1.45 bits per heavy atom. The molecule has 1 aromatic carbocycles. The molecule has 0 unspecified atom stereocenters. The average molecular weight is 500 g/mol. The fourth-order valence-corrected chi connectivity index (χ4v) is 3.38. The van der Waals surface area contributed by atoms with Crippen LogP contribution in [-0.2, 0) is 20.2 Å². The Morgan fingerprint density at radius 1 is 0.968 bits per heavy atom. The molecule has 0 saturated heterocycles. The Hall–Kier alpha value is -2.20. The molecule has 0 heterocycles. The molecule has 0 spiro atoms. The van der Waals surface area contributed by atoms with E-state index in [4.69, 9.17) is 4.55 Å². The number of ketones is 1. The van der Waals surface area contributed by atoms with E-state index in [1.54, 1.807) is 0 Å². The fraction of sp³-hybridized carbons (Fsp3) is 0.467. The first-order valence-electron chi connectivity index (χ1n) is 7.73. The van der Waals surface area contributed by atoms with Crippen molar-refractivity contribution in [2.75, 3.05) is 0 Å². The van der Waals surface area contributed by atoms with Crippen LogP contribution in [0.4, 0.5) is 26.3 Å². The van der Waals surface area contributed by atoms with Crippen LogP contribution in [0.1, 0.15) is 41.5 Å². The molecule has 0 fully saturated rings. The lowest BCUT2D eigenvalue weighted by atomic mass is 9.86. The maximum Gasteiger partial charge on any atom is 0.450 e. The van der Waals surface area contributed by atoms with Crippen LogP contribution < -0.4 is 4.18 Å². The molecule has 31 heavy (non-hydrogen) atoms. The number of Topliss-reactive ketones (excluding diaryl/α,β-unsaturated/α-hetero) is 1. The van der Waals surface area contributed by atoms with Crippen LogP contribution >= 0.6 is 0 Å². The van der Waals surface area contributed by atoms with Gasteiger partial charge in [0.1, 0.15) is 6.29 Å². The summed E-state index contributed by atoms with van der Waals surface area (Å²) in [7, 11) is -14.3. The highest BCUT2D eigenvalue weighted by molar-refractivity contribution is 7.88. The number of hydrogen-bond acceptors (Lipinski definition) is 7. The van der Waals surface area contributed by atoms with Gasteiger partial charge in [0, 0.05) is 11.0 Å². The van der Waals surface area contributed by atoms with Crippen LogP contribution in [0.2, 0.25) is 0 Å². The molecule has 1 rings (SSSR count). The first kappa shape index (κ1) is 26.8. The van der Waals surface area contributed by atoms with Gasteiger partial charge in [-0.3, -0.25) is 14.1 Å². The molecular weight excluding hydrogens is 486 g/mol. The van der Waals surface area contributed by atoms with Gasteiger partial charge in [-0.05, 0) is 18.2 Å². The van der Waals surface area contributed by atoms with Gasteiger partial charge in [-0.25, -0.2) is 0 Å². The van der Waals surface area contributed by atoms with Gasteiger partial charge in [-0.2, -0.15) is 43.2 Å². The van der Waals surface area contributed by atoms with E-state index in [1.807, 2.05) is 0 Å². The highest BCUT2D eigenvalue weighted by atomic mass is 32.2. The first-order valence-corrected chi connectivity index (χ1v) is 10.6. The van der Waals surface area contributed by atoms with Crippen LogP contribution in [0.15, 0.2) is 18.2 Å². The lowest BCUT2D eigenvalue weighted by Crippen LogP contribution is -2.61. The minimum absolute atomic E-state index is 0.160. The predicted octanol–water partition coefficient (Wildman–Crippen LogP) is 3.15. The van der Waals surface area contributed by atoms with Gasteiger partial charge >= 0.3 is 36.7 Å². The van der Waals surface area contributed by atoms with Gasteiger partial charge in [0.2, 0.25) is 0 Å². The van der Waals surface area contributed by atoms with E-state index in [9.17, 15) is 52.8 Å². The number of halogens is 6. The number of rotatable bonds is 8. The highest BCUT2D eigenvalue weighted by Gasteiger charge is 2.83. The molecule has 0 aliphatic rings. The molecule has 0 amide bonds. The van der Waals surface area contributed by atoms with Crippen LogP contribution in [0.3, 0.4) is 0 Å². The largest absolute Gasteiger partial charge is 0.450 e. The van der Waals surface area contributed by atoms with Crippen molar-refractivity contribution in [2.45, 2.75) is 37.2 Å². The second kappa shape index (κ2) is 7.74. The molecule has 0 aromatic heterocycles. The molecule has 0 bridgehead atoms. The van der Waals surface area contributed by atoms with E-state index in [2.05, 4.69) is 4.18 Å². The molecule has 0 radical (unpaired) electrons. The molecule has 0 aliphatic carbocycles. The summed E-state index contributed by atoms with van der Waals surface area (Å²) in [6, 6.07) is 1.87. The van der Waals surface area contributed by atoms with Gasteiger partial charge in [0.15, 0.2) is 11.5 Å². The highest BCUT2D eigenvalue weighted by Crippen LogP contribution is 2.51. The summed E-state index contributed by atoms with van der Waals surface area (Å²) in [4.78, 5) is 23.3. The molecule has 0 atom stereocenters. The second-order valence-corrected chi connectivity index (χ2v) is 10.1. The van der Waals surface area contributed by atoms with E-state index in [0.717, 1.165) is 6.07 Å². The monoisotopic (exact) mass is 500 g/mol. The minimum atomic E-state index is -7.21. The Bertz CT molecular complexity index is 1100. The molecule has 1 N–H and O–H groups in total. The van der Waals surface area contributed by atoms with E-state index in [-0.39, 0.29) is 11.8 Å². The van der Waals surface area contributed by atoms with Crippen LogP contribution in [-0.4, -0.2) is 49.9 Å². The topological polar surface area (TPSA) is 132 Å². The summed E-state index contributed by atoms with van der Waals surface area (Å²) < 4.78 is 138. The Labute approximate surface area is 172 Å². The number of carbonyl (C=O) groups is 2. The van der Waals surface area contributed by atoms with Crippen LogP contribution in [0.5, 0.6) is 5.75 Å². The third-order valence-corrected chi connectivity index (χ3v) is 5.82. The summed E-state index contributed by atoms with van der Waals surface area (Å²) in [5.74, 6) is -9.54. The maximum absolute atomic E-state index is 13.9. The molecule has 8 nitrogen and oxygen atoms in total. The summed E-state index contributed by atoms with van der Waals surface area (Å²) >= 11 is 0. The standard InChI is InChI=1S/C15H14F6O8S2/c1-12(2,3)11(23)9-6-8(7-22)4-5-10(9)29-31(27,28)15(20,21)13(16,17)14(18,19)30(24,25)26/h4-7H,1-3H3,(H,24,25,26). The van der Waals surface area contributed by atoms with Gasteiger partial charge < -0.3 is 4.18 Å². The van der Waals surface area contributed by atoms with Crippen molar-refractivity contribution in [2.24, 2.45) is 5.41 Å². The Balaban J connectivity index is 3.66. The molecule has 16 heteroatoms. The number of aldehydes is 1. The third kappa shape index (κ3) is 4.55. The SMILES string of the molecule is CC(C)(C)C(=O)c1cc(C=O)ccc1OS(=O)(=O)C(F)(F)C(F)(F)C(F)(F)S(=O)(=O)O. The first-order chi connectivity index (χ1) is 13.5. The lowest BCUT2D eigenvalue weighted by Gasteiger charge is -2.30. The third-order valence-electron chi connectivity index (χ3n) is 3.63.